The van der Waals surface area contributed by atoms with E-state index in [2.05, 4.69) is 29.1 Å². The molecule has 0 bridgehead atoms. The maximum absolute atomic E-state index is 5.63. The molecule has 1 fully saturated rings. The van der Waals surface area contributed by atoms with Crippen molar-refractivity contribution in [3.05, 3.63) is 40.4 Å². The zero-order valence-electron chi connectivity index (χ0n) is 12.5. The third kappa shape index (κ3) is 2.92. The molecule has 0 N–H and O–H groups in total. The van der Waals surface area contributed by atoms with E-state index in [1.807, 2.05) is 28.3 Å². The summed E-state index contributed by atoms with van der Waals surface area (Å²) in [6.45, 7) is 8.24. The van der Waals surface area contributed by atoms with Gasteiger partial charge in [-0.1, -0.05) is 18.2 Å². The van der Waals surface area contributed by atoms with Gasteiger partial charge in [-0.25, -0.2) is 4.68 Å². The van der Waals surface area contributed by atoms with E-state index in [4.69, 9.17) is 17.0 Å². The van der Waals surface area contributed by atoms with Gasteiger partial charge in [0, 0.05) is 13.1 Å². The number of benzene rings is 1. The summed E-state index contributed by atoms with van der Waals surface area (Å²) in [5, 5.41) is 4.61. The molecule has 0 spiro atoms. The molecule has 0 saturated carbocycles. The standard InChI is InChI=1S/C15H20N4OS/c1-12-5-3-4-6-14(12)19-13(2)16-18(15(19)21)11-17-7-9-20-10-8-17/h3-6H,7-11H2,1-2H3. The van der Waals surface area contributed by atoms with Gasteiger partial charge in [0.05, 0.1) is 25.6 Å². The van der Waals surface area contributed by atoms with E-state index in [0.717, 1.165) is 49.3 Å². The molecule has 1 aliphatic rings. The van der Waals surface area contributed by atoms with E-state index in [-0.39, 0.29) is 0 Å². The molecule has 112 valence electrons. The van der Waals surface area contributed by atoms with Crippen LogP contribution in [0.15, 0.2) is 24.3 Å². The van der Waals surface area contributed by atoms with E-state index in [1.165, 1.54) is 5.56 Å². The molecule has 0 aliphatic carbocycles. The molecule has 6 heteroatoms. The lowest BCUT2D eigenvalue weighted by Crippen LogP contribution is -2.37. The van der Waals surface area contributed by atoms with Gasteiger partial charge in [0.15, 0.2) is 0 Å². The number of morpholine rings is 1. The molecule has 0 atom stereocenters. The fourth-order valence-electron chi connectivity index (χ4n) is 2.63. The minimum absolute atomic E-state index is 0.724. The number of nitrogens with zero attached hydrogens (tertiary/aromatic N) is 4. The summed E-state index contributed by atoms with van der Waals surface area (Å²) in [7, 11) is 0. The molecular weight excluding hydrogens is 284 g/mol. The molecule has 5 nitrogen and oxygen atoms in total. The van der Waals surface area contributed by atoms with E-state index < -0.39 is 0 Å². The van der Waals surface area contributed by atoms with Crippen molar-refractivity contribution in [2.45, 2.75) is 20.5 Å². The molecule has 1 saturated heterocycles. The number of para-hydroxylation sites is 1. The molecule has 1 aromatic heterocycles. The van der Waals surface area contributed by atoms with Crippen LogP contribution >= 0.6 is 12.2 Å². The maximum Gasteiger partial charge on any atom is 0.203 e. The van der Waals surface area contributed by atoms with Crippen molar-refractivity contribution in [2.75, 3.05) is 26.3 Å². The second kappa shape index (κ2) is 6.09. The Hall–Kier alpha value is -1.50. The summed E-state index contributed by atoms with van der Waals surface area (Å²) >= 11 is 5.63. The van der Waals surface area contributed by atoms with Gasteiger partial charge >= 0.3 is 0 Å². The van der Waals surface area contributed by atoms with Gasteiger partial charge in [-0.15, -0.1) is 0 Å². The second-order valence-electron chi connectivity index (χ2n) is 5.32. The first-order valence-electron chi connectivity index (χ1n) is 7.19. The lowest BCUT2D eigenvalue weighted by Gasteiger charge is -2.26. The van der Waals surface area contributed by atoms with E-state index in [9.17, 15) is 0 Å². The van der Waals surface area contributed by atoms with Crippen molar-refractivity contribution in [1.29, 1.82) is 0 Å². The first-order chi connectivity index (χ1) is 10.2. The highest BCUT2D eigenvalue weighted by Gasteiger charge is 2.15. The van der Waals surface area contributed by atoms with Gasteiger partial charge in [-0.3, -0.25) is 9.47 Å². The van der Waals surface area contributed by atoms with Gasteiger partial charge in [-0.2, -0.15) is 5.10 Å². The molecule has 1 aromatic carbocycles. The summed E-state index contributed by atoms with van der Waals surface area (Å²) in [6.07, 6.45) is 0. The third-order valence-corrected chi connectivity index (χ3v) is 4.19. The molecule has 3 rings (SSSR count). The van der Waals surface area contributed by atoms with Crippen molar-refractivity contribution in [3.8, 4) is 5.69 Å². The first kappa shape index (κ1) is 14.4. The van der Waals surface area contributed by atoms with Crippen LogP contribution in [0, 0.1) is 18.6 Å². The predicted octanol–water partition coefficient (Wildman–Crippen LogP) is 2.31. The van der Waals surface area contributed by atoms with Crippen LogP contribution in [0.2, 0.25) is 0 Å². The Morgan fingerprint density at radius 3 is 2.62 bits per heavy atom. The average molecular weight is 304 g/mol. The van der Waals surface area contributed by atoms with Gasteiger partial charge in [0.2, 0.25) is 4.77 Å². The molecule has 2 heterocycles. The number of hydrogen-bond acceptors (Lipinski definition) is 4. The Labute approximate surface area is 129 Å². The van der Waals surface area contributed by atoms with Crippen molar-refractivity contribution >= 4 is 12.2 Å². The fraction of sp³-hybridized carbons (Fsp3) is 0.467. The van der Waals surface area contributed by atoms with E-state index in [0.29, 0.717) is 0 Å². The predicted molar refractivity (Wildman–Crippen MR) is 84.3 cm³/mol. The molecule has 0 radical (unpaired) electrons. The first-order valence-corrected chi connectivity index (χ1v) is 7.60. The topological polar surface area (TPSA) is 35.2 Å². The molecule has 0 amide bonds. The van der Waals surface area contributed by atoms with Crippen LogP contribution in [0.4, 0.5) is 0 Å². The number of aryl methyl sites for hydroxylation is 2. The zero-order valence-corrected chi connectivity index (χ0v) is 13.3. The van der Waals surface area contributed by atoms with Crippen molar-refractivity contribution < 1.29 is 4.74 Å². The monoisotopic (exact) mass is 304 g/mol. The number of aromatic nitrogens is 3. The highest BCUT2D eigenvalue weighted by molar-refractivity contribution is 7.71. The van der Waals surface area contributed by atoms with Crippen LogP contribution in [0.5, 0.6) is 0 Å². The largest absolute Gasteiger partial charge is 0.379 e. The summed E-state index contributed by atoms with van der Waals surface area (Å²) in [4.78, 5) is 2.31. The second-order valence-corrected chi connectivity index (χ2v) is 5.69. The Kier molecular flexibility index (Phi) is 4.19. The normalized spacial score (nSPS) is 16.3. The zero-order chi connectivity index (χ0) is 14.8. The van der Waals surface area contributed by atoms with Crippen LogP contribution in [0.3, 0.4) is 0 Å². The highest BCUT2D eigenvalue weighted by Crippen LogP contribution is 2.16. The highest BCUT2D eigenvalue weighted by atomic mass is 32.1. The number of hydrogen-bond donors (Lipinski definition) is 0. The minimum atomic E-state index is 0.724. The van der Waals surface area contributed by atoms with Gasteiger partial charge in [0.1, 0.15) is 5.82 Å². The van der Waals surface area contributed by atoms with Crippen molar-refractivity contribution in [3.63, 3.8) is 0 Å². The van der Waals surface area contributed by atoms with Crippen LogP contribution < -0.4 is 0 Å². The lowest BCUT2D eigenvalue weighted by atomic mass is 10.2. The number of ether oxygens (including phenoxy) is 1. The third-order valence-electron chi connectivity index (χ3n) is 3.80. The lowest BCUT2D eigenvalue weighted by molar-refractivity contribution is 0.0209. The van der Waals surface area contributed by atoms with Crippen LogP contribution in [-0.2, 0) is 11.4 Å². The van der Waals surface area contributed by atoms with Gasteiger partial charge < -0.3 is 4.74 Å². The van der Waals surface area contributed by atoms with Crippen LogP contribution in [-0.4, -0.2) is 45.6 Å². The fourth-order valence-corrected chi connectivity index (χ4v) is 2.96. The summed E-state index contributed by atoms with van der Waals surface area (Å²) in [5.41, 5.74) is 2.30. The number of rotatable bonds is 3. The summed E-state index contributed by atoms with van der Waals surface area (Å²) < 4.78 is 10.1. The summed E-state index contributed by atoms with van der Waals surface area (Å²) in [6, 6.07) is 8.24. The molecule has 0 unspecified atom stereocenters. The average Bonchev–Trinajstić information content (AvgIpc) is 2.76. The van der Waals surface area contributed by atoms with E-state index in [1.54, 1.807) is 0 Å². The Bertz CT molecular complexity index is 685. The van der Waals surface area contributed by atoms with Crippen molar-refractivity contribution in [1.82, 2.24) is 19.2 Å². The molecule has 21 heavy (non-hydrogen) atoms. The molecule has 1 aliphatic heterocycles. The molecule has 2 aromatic rings. The SMILES string of the molecule is Cc1ccccc1-n1c(C)nn(CN2CCOCC2)c1=S. The van der Waals surface area contributed by atoms with Crippen molar-refractivity contribution in [2.24, 2.45) is 0 Å². The molecular formula is C15H20N4OS. The Balaban J connectivity index is 1.93. The Morgan fingerprint density at radius 1 is 1.19 bits per heavy atom. The van der Waals surface area contributed by atoms with E-state index >= 15 is 0 Å². The van der Waals surface area contributed by atoms with Gasteiger partial charge in [0.25, 0.3) is 0 Å². The van der Waals surface area contributed by atoms with Gasteiger partial charge in [-0.05, 0) is 37.7 Å². The van der Waals surface area contributed by atoms with Crippen LogP contribution in [0.25, 0.3) is 5.69 Å². The Morgan fingerprint density at radius 2 is 1.90 bits per heavy atom. The smallest absolute Gasteiger partial charge is 0.203 e. The van der Waals surface area contributed by atoms with Crippen LogP contribution in [0.1, 0.15) is 11.4 Å². The summed E-state index contributed by atoms with van der Waals surface area (Å²) in [5.74, 6) is 0.919. The maximum atomic E-state index is 5.63. The quantitative estimate of drug-likeness (QED) is 0.815. The minimum Gasteiger partial charge on any atom is -0.379 e.